The molecule has 4 aliphatic carbocycles. The Morgan fingerprint density at radius 2 is 1.27 bits per heavy atom. The molecule has 1 fully saturated rings. The third-order valence-electron chi connectivity index (χ3n) is 7.86. The maximum absolute atomic E-state index is 13.0. The van der Waals surface area contributed by atoms with E-state index in [-0.39, 0.29) is 41.7 Å². The molecule has 0 amide bonds. The van der Waals surface area contributed by atoms with Crippen LogP contribution in [0.4, 0.5) is 0 Å². The van der Waals surface area contributed by atoms with Crippen LogP contribution >= 0.6 is 0 Å². The van der Waals surface area contributed by atoms with Crippen LogP contribution in [-0.4, -0.2) is 11.6 Å². The van der Waals surface area contributed by atoms with Crippen molar-refractivity contribution < 1.29 is 9.59 Å². The molecule has 0 spiro atoms. The standard InChI is InChI=1S/C28H20O2/c1-14-20-11-16-7-3-2-6-15(16)10-17(20)12-21-24(14)26-19-9-5-4-8-18(19)25(21)27-22(29)13-23(30)28(26)27/h2-12,25-28H,13H2,1H3. The van der Waals surface area contributed by atoms with Crippen molar-refractivity contribution in [2.75, 3.05) is 0 Å². The van der Waals surface area contributed by atoms with Gasteiger partial charge in [-0.25, -0.2) is 0 Å². The van der Waals surface area contributed by atoms with Gasteiger partial charge in [-0.05, 0) is 68.4 Å². The van der Waals surface area contributed by atoms with Crippen LogP contribution in [0.15, 0.2) is 66.7 Å². The highest BCUT2D eigenvalue weighted by molar-refractivity contribution is 6.11. The molecule has 4 aromatic carbocycles. The molecule has 4 unspecified atom stereocenters. The normalized spacial score (nSPS) is 26.2. The van der Waals surface area contributed by atoms with E-state index in [9.17, 15) is 9.59 Å². The SMILES string of the molecule is Cc1c2c(cc3cc4ccccc4cc13)C1c3ccccc3C2C2C(=O)CC(=O)C12. The Morgan fingerprint density at radius 1 is 0.667 bits per heavy atom. The van der Waals surface area contributed by atoms with Gasteiger partial charge in [0.15, 0.2) is 0 Å². The van der Waals surface area contributed by atoms with Crippen molar-refractivity contribution in [3.05, 3.63) is 94.5 Å². The molecule has 4 atom stereocenters. The van der Waals surface area contributed by atoms with E-state index in [1.807, 2.05) is 0 Å². The molecule has 4 aromatic rings. The minimum Gasteiger partial charge on any atom is -0.299 e. The lowest BCUT2D eigenvalue weighted by Gasteiger charge is -2.47. The van der Waals surface area contributed by atoms with Crippen LogP contribution in [0.2, 0.25) is 0 Å². The summed E-state index contributed by atoms with van der Waals surface area (Å²) in [7, 11) is 0. The first-order valence-electron chi connectivity index (χ1n) is 10.7. The lowest BCUT2D eigenvalue weighted by Crippen LogP contribution is -2.41. The second-order valence-electron chi connectivity index (χ2n) is 9.17. The zero-order valence-corrected chi connectivity index (χ0v) is 16.7. The van der Waals surface area contributed by atoms with Crippen LogP contribution in [0.1, 0.15) is 46.1 Å². The summed E-state index contributed by atoms with van der Waals surface area (Å²) < 4.78 is 0. The molecule has 8 rings (SSSR count). The monoisotopic (exact) mass is 388 g/mol. The van der Waals surface area contributed by atoms with Crippen molar-refractivity contribution in [2.24, 2.45) is 11.8 Å². The fourth-order valence-electron chi connectivity index (χ4n) is 6.73. The van der Waals surface area contributed by atoms with Crippen molar-refractivity contribution >= 4 is 33.1 Å². The molecule has 0 N–H and O–H groups in total. The third kappa shape index (κ3) is 1.85. The van der Waals surface area contributed by atoms with Gasteiger partial charge in [-0.2, -0.15) is 0 Å². The fourth-order valence-corrected chi connectivity index (χ4v) is 6.73. The first-order chi connectivity index (χ1) is 14.6. The molecule has 0 aromatic heterocycles. The molecule has 2 heteroatoms. The topological polar surface area (TPSA) is 34.1 Å². The molecule has 0 heterocycles. The summed E-state index contributed by atoms with van der Waals surface area (Å²) in [6.07, 6.45) is 0.104. The molecule has 2 bridgehead atoms. The van der Waals surface area contributed by atoms with E-state index in [1.165, 1.54) is 49.4 Å². The van der Waals surface area contributed by atoms with E-state index in [4.69, 9.17) is 0 Å². The van der Waals surface area contributed by atoms with Crippen LogP contribution in [0.25, 0.3) is 21.5 Å². The van der Waals surface area contributed by atoms with E-state index in [0.29, 0.717) is 0 Å². The average Bonchev–Trinajstić information content (AvgIpc) is 3.07. The number of hydrogen-bond acceptors (Lipinski definition) is 2. The van der Waals surface area contributed by atoms with E-state index in [1.54, 1.807) is 0 Å². The van der Waals surface area contributed by atoms with E-state index < -0.39 is 0 Å². The molecule has 1 saturated carbocycles. The lowest BCUT2D eigenvalue weighted by molar-refractivity contribution is -0.122. The molecular formula is C28H20O2. The first-order valence-corrected chi connectivity index (χ1v) is 10.7. The maximum Gasteiger partial charge on any atom is 0.145 e. The summed E-state index contributed by atoms with van der Waals surface area (Å²) in [5.41, 5.74) is 6.33. The summed E-state index contributed by atoms with van der Waals surface area (Å²) in [6.45, 7) is 2.20. The highest BCUT2D eigenvalue weighted by Crippen LogP contribution is 2.62. The van der Waals surface area contributed by atoms with Crippen LogP contribution in [0.5, 0.6) is 0 Å². The number of carbonyl (C=O) groups excluding carboxylic acids is 2. The van der Waals surface area contributed by atoms with Crippen molar-refractivity contribution in [1.29, 1.82) is 0 Å². The van der Waals surface area contributed by atoms with E-state index in [2.05, 4.69) is 73.7 Å². The van der Waals surface area contributed by atoms with Crippen molar-refractivity contribution in [2.45, 2.75) is 25.2 Å². The Labute approximate surface area is 174 Å². The van der Waals surface area contributed by atoms with Crippen LogP contribution in [-0.2, 0) is 9.59 Å². The zero-order chi connectivity index (χ0) is 20.1. The van der Waals surface area contributed by atoms with Gasteiger partial charge < -0.3 is 0 Å². The molecular weight excluding hydrogens is 368 g/mol. The van der Waals surface area contributed by atoms with E-state index in [0.717, 1.165) is 0 Å². The van der Waals surface area contributed by atoms with Gasteiger partial charge in [-0.15, -0.1) is 0 Å². The average molecular weight is 388 g/mol. The number of rotatable bonds is 0. The highest BCUT2D eigenvalue weighted by atomic mass is 16.2. The van der Waals surface area contributed by atoms with Gasteiger partial charge in [-0.1, -0.05) is 54.6 Å². The largest absolute Gasteiger partial charge is 0.299 e. The van der Waals surface area contributed by atoms with Gasteiger partial charge in [0.05, 0.1) is 6.42 Å². The van der Waals surface area contributed by atoms with Gasteiger partial charge in [0.1, 0.15) is 11.6 Å². The second kappa shape index (κ2) is 5.46. The quantitative estimate of drug-likeness (QED) is 0.287. The summed E-state index contributed by atoms with van der Waals surface area (Å²) in [5.74, 6) is -0.112. The maximum atomic E-state index is 13.0. The molecule has 0 aliphatic heterocycles. The fraction of sp³-hybridized carbons (Fsp3) is 0.214. The molecule has 2 nitrogen and oxygen atoms in total. The molecule has 30 heavy (non-hydrogen) atoms. The Morgan fingerprint density at radius 3 is 2.00 bits per heavy atom. The smallest absolute Gasteiger partial charge is 0.145 e. The minimum atomic E-state index is -0.193. The van der Waals surface area contributed by atoms with Crippen molar-refractivity contribution in [3.63, 3.8) is 0 Å². The lowest BCUT2D eigenvalue weighted by atomic mass is 9.54. The predicted molar refractivity (Wildman–Crippen MR) is 118 cm³/mol. The van der Waals surface area contributed by atoms with Crippen LogP contribution < -0.4 is 0 Å². The first kappa shape index (κ1) is 16.5. The Kier molecular flexibility index (Phi) is 3.01. The van der Waals surface area contributed by atoms with Gasteiger partial charge in [-0.3, -0.25) is 9.59 Å². The third-order valence-corrected chi connectivity index (χ3v) is 7.86. The van der Waals surface area contributed by atoms with Crippen LogP contribution in [0.3, 0.4) is 0 Å². The summed E-state index contributed by atoms with van der Waals surface area (Å²) >= 11 is 0. The number of ketones is 2. The Balaban J connectivity index is 1.61. The highest BCUT2D eigenvalue weighted by Gasteiger charge is 2.58. The summed E-state index contributed by atoms with van der Waals surface area (Å²) in [6, 6.07) is 23.8. The number of benzene rings is 4. The van der Waals surface area contributed by atoms with Gasteiger partial charge in [0.25, 0.3) is 0 Å². The molecule has 4 aliphatic rings. The van der Waals surface area contributed by atoms with E-state index >= 15 is 0 Å². The number of Topliss-reactive ketones (excluding diaryl/α,β-unsaturated/α-hetero) is 2. The molecule has 0 saturated heterocycles. The zero-order valence-electron chi connectivity index (χ0n) is 16.7. The molecule has 0 radical (unpaired) electrons. The minimum absolute atomic E-state index is 0.000259. The Hall–Kier alpha value is -3.26. The summed E-state index contributed by atoms with van der Waals surface area (Å²) in [4.78, 5) is 25.9. The Bertz CT molecular complexity index is 1440. The number of aryl methyl sites for hydroxylation is 1. The summed E-state index contributed by atoms with van der Waals surface area (Å²) in [5, 5.41) is 4.95. The van der Waals surface area contributed by atoms with Gasteiger partial charge in [0.2, 0.25) is 0 Å². The van der Waals surface area contributed by atoms with Crippen LogP contribution in [0, 0.1) is 18.8 Å². The van der Waals surface area contributed by atoms with Gasteiger partial charge in [0, 0.05) is 23.7 Å². The van der Waals surface area contributed by atoms with Gasteiger partial charge >= 0.3 is 0 Å². The second-order valence-corrected chi connectivity index (χ2v) is 9.17. The number of fused-ring (bicyclic) bond motifs is 2. The predicted octanol–water partition coefficient (Wildman–Crippen LogP) is 5.67. The number of hydrogen-bond donors (Lipinski definition) is 0. The number of carbonyl (C=O) groups is 2. The van der Waals surface area contributed by atoms with Crippen molar-refractivity contribution in [1.82, 2.24) is 0 Å². The molecule has 144 valence electrons. The van der Waals surface area contributed by atoms with Crippen molar-refractivity contribution in [3.8, 4) is 0 Å².